The van der Waals surface area contributed by atoms with Crippen molar-refractivity contribution in [2.24, 2.45) is 0 Å². The smallest absolute Gasteiger partial charge is 0.0659 e. The monoisotopic (exact) mass is 336 g/mol. The molecule has 0 saturated heterocycles. The minimum absolute atomic E-state index is 0.275. The van der Waals surface area contributed by atoms with Gasteiger partial charge >= 0.3 is 0 Å². The molecule has 1 nitrogen and oxygen atoms in total. The zero-order valence-corrected chi connectivity index (χ0v) is 17.2. The van der Waals surface area contributed by atoms with Gasteiger partial charge in [-0.3, -0.25) is 0 Å². The van der Waals surface area contributed by atoms with E-state index in [1.54, 1.807) is 0 Å². The van der Waals surface area contributed by atoms with Gasteiger partial charge < -0.3 is 4.74 Å². The number of rotatable bonds is 16. The van der Waals surface area contributed by atoms with Crippen LogP contribution in [0.5, 0.6) is 0 Å². The molecule has 2 atom stereocenters. The molecule has 2 unspecified atom stereocenters. The molecule has 24 heavy (non-hydrogen) atoms. The van der Waals surface area contributed by atoms with Gasteiger partial charge in [-0.05, 0) is 26.7 Å². The van der Waals surface area contributed by atoms with Crippen LogP contribution >= 0.6 is 0 Å². The van der Waals surface area contributed by atoms with Crippen molar-refractivity contribution in [3.8, 4) is 11.8 Å². The molecule has 0 aliphatic rings. The van der Waals surface area contributed by atoms with Crippen LogP contribution < -0.4 is 0 Å². The van der Waals surface area contributed by atoms with Crippen LogP contribution in [0.4, 0.5) is 0 Å². The molecular weight excluding hydrogens is 292 g/mol. The van der Waals surface area contributed by atoms with E-state index in [0.717, 1.165) is 12.8 Å². The molecule has 0 fully saturated rings. The van der Waals surface area contributed by atoms with Gasteiger partial charge in [0.25, 0.3) is 0 Å². The summed E-state index contributed by atoms with van der Waals surface area (Å²) in [5.74, 6) is 6.63. The summed E-state index contributed by atoms with van der Waals surface area (Å²) in [5, 5.41) is 0. The minimum Gasteiger partial charge on any atom is -0.375 e. The Morgan fingerprint density at radius 3 is 1.79 bits per heavy atom. The third-order valence-corrected chi connectivity index (χ3v) is 4.60. The van der Waals surface area contributed by atoms with Gasteiger partial charge in [0.2, 0.25) is 0 Å². The first-order chi connectivity index (χ1) is 11.7. The summed E-state index contributed by atoms with van der Waals surface area (Å²) in [7, 11) is 0. The normalized spacial score (nSPS) is 13.3. The predicted molar refractivity (Wildman–Crippen MR) is 108 cm³/mol. The lowest BCUT2D eigenvalue weighted by Crippen LogP contribution is -2.16. The Morgan fingerprint density at radius 2 is 1.17 bits per heavy atom. The lowest BCUT2D eigenvalue weighted by molar-refractivity contribution is 0.00585. The summed E-state index contributed by atoms with van der Waals surface area (Å²) >= 11 is 0. The van der Waals surface area contributed by atoms with Crippen molar-refractivity contribution >= 4 is 0 Å². The van der Waals surface area contributed by atoms with E-state index in [9.17, 15) is 0 Å². The molecule has 0 amide bonds. The fraction of sp³-hybridized carbons (Fsp3) is 0.913. The molecule has 0 aromatic rings. The van der Waals surface area contributed by atoms with Crippen LogP contribution in [-0.2, 0) is 4.74 Å². The van der Waals surface area contributed by atoms with Crippen molar-refractivity contribution in [2.75, 3.05) is 0 Å². The highest BCUT2D eigenvalue weighted by Crippen LogP contribution is 2.12. The molecule has 0 aromatic carbocycles. The highest BCUT2D eigenvalue weighted by molar-refractivity contribution is 4.99. The van der Waals surface area contributed by atoms with E-state index in [4.69, 9.17) is 4.74 Å². The first kappa shape index (κ1) is 23.5. The van der Waals surface area contributed by atoms with Gasteiger partial charge in [-0.25, -0.2) is 0 Å². The van der Waals surface area contributed by atoms with Gasteiger partial charge in [0.05, 0.1) is 12.2 Å². The van der Waals surface area contributed by atoms with E-state index in [2.05, 4.69) is 39.5 Å². The molecule has 0 spiro atoms. The molecule has 0 aromatic heterocycles. The second-order valence-electron chi connectivity index (χ2n) is 7.39. The molecule has 0 N–H and O–H groups in total. The SMILES string of the molecule is CCCCCCCCC#CCC(C)OC(C)CCCCCCCC. The molecule has 0 saturated carbocycles. The average Bonchev–Trinajstić information content (AvgIpc) is 2.56. The van der Waals surface area contributed by atoms with E-state index in [0.29, 0.717) is 6.10 Å². The summed E-state index contributed by atoms with van der Waals surface area (Å²) in [4.78, 5) is 0. The fourth-order valence-corrected chi connectivity index (χ4v) is 3.02. The Labute approximate surface area is 153 Å². The topological polar surface area (TPSA) is 9.23 Å². The van der Waals surface area contributed by atoms with Crippen LogP contribution in [0.3, 0.4) is 0 Å². The molecule has 0 radical (unpaired) electrons. The second-order valence-corrected chi connectivity index (χ2v) is 7.39. The number of unbranched alkanes of at least 4 members (excludes halogenated alkanes) is 11. The summed E-state index contributed by atoms with van der Waals surface area (Å²) in [6.45, 7) is 8.92. The molecule has 1 heteroatoms. The van der Waals surface area contributed by atoms with E-state index in [1.165, 1.54) is 83.5 Å². The van der Waals surface area contributed by atoms with Crippen LogP contribution in [0, 0.1) is 11.8 Å². The van der Waals surface area contributed by atoms with Crippen LogP contribution in [-0.4, -0.2) is 12.2 Å². The minimum atomic E-state index is 0.275. The maximum absolute atomic E-state index is 6.05. The van der Waals surface area contributed by atoms with Gasteiger partial charge in [0, 0.05) is 12.8 Å². The van der Waals surface area contributed by atoms with E-state index in [1.807, 2.05) is 0 Å². The fourth-order valence-electron chi connectivity index (χ4n) is 3.02. The van der Waals surface area contributed by atoms with E-state index < -0.39 is 0 Å². The van der Waals surface area contributed by atoms with Crippen molar-refractivity contribution in [3.63, 3.8) is 0 Å². The lowest BCUT2D eigenvalue weighted by atomic mass is 10.1. The molecule has 142 valence electrons. The Hall–Kier alpha value is -0.480. The largest absolute Gasteiger partial charge is 0.375 e. The zero-order chi connectivity index (χ0) is 17.9. The van der Waals surface area contributed by atoms with Gasteiger partial charge in [0.15, 0.2) is 0 Å². The molecule has 0 aliphatic carbocycles. The summed E-state index contributed by atoms with van der Waals surface area (Å²) in [6.07, 6.45) is 20.1. The van der Waals surface area contributed by atoms with Crippen LogP contribution in [0.25, 0.3) is 0 Å². The van der Waals surface area contributed by atoms with Crippen LogP contribution in [0.1, 0.15) is 124 Å². The molecule has 0 aliphatic heterocycles. The maximum Gasteiger partial charge on any atom is 0.0659 e. The quantitative estimate of drug-likeness (QED) is 0.207. The average molecular weight is 337 g/mol. The summed E-state index contributed by atoms with van der Waals surface area (Å²) < 4.78 is 6.05. The first-order valence-electron chi connectivity index (χ1n) is 10.8. The lowest BCUT2D eigenvalue weighted by Gasteiger charge is -2.17. The van der Waals surface area contributed by atoms with Crippen molar-refractivity contribution in [2.45, 2.75) is 136 Å². The Kier molecular flexibility index (Phi) is 18.5. The second kappa shape index (κ2) is 18.9. The van der Waals surface area contributed by atoms with E-state index in [-0.39, 0.29) is 6.10 Å². The van der Waals surface area contributed by atoms with E-state index >= 15 is 0 Å². The third-order valence-electron chi connectivity index (χ3n) is 4.60. The van der Waals surface area contributed by atoms with Gasteiger partial charge in [-0.2, -0.15) is 0 Å². The highest BCUT2D eigenvalue weighted by Gasteiger charge is 2.07. The molecule has 0 heterocycles. The van der Waals surface area contributed by atoms with Crippen molar-refractivity contribution < 1.29 is 4.74 Å². The van der Waals surface area contributed by atoms with Gasteiger partial charge in [-0.15, -0.1) is 11.8 Å². The first-order valence-corrected chi connectivity index (χ1v) is 10.8. The van der Waals surface area contributed by atoms with Gasteiger partial charge in [0.1, 0.15) is 0 Å². The van der Waals surface area contributed by atoms with Crippen molar-refractivity contribution in [3.05, 3.63) is 0 Å². The number of ether oxygens (including phenoxy) is 1. The Bertz CT molecular complexity index is 299. The molecular formula is C23H44O. The van der Waals surface area contributed by atoms with Crippen LogP contribution in [0.2, 0.25) is 0 Å². The summed E-state index contributed by atoms with van der Waals surface area (Å²) in [5.41, 5.74) is 0. The highest BCUT2D eigenvalue weighted by atomic mass is 16.5. The maximum atomic E-state index is 6.05. The van der Waals surface area contributed by atoms with Crippen molar-refractivity contribution in [1.29, 1.82) is 0 Å². The van der Waals surface area contributed by atoms with Gasteiger partial charge in [-0.1, -0.05) is 84.5 Å². The zero-order valence-electron chi connectivity index (χ0n) is 17.2. The Balaban J connectivity index is 3.47. The summed E-state index contributed by atoms with van der Waals surface area (Å²) in [6, 6.07) is 0. The predicted octanol–water partition coefficient (Wildman–Crippen LogP) is 7.67. The Morgan fingerprint density at radius 1 is 0.625 bits per heavy atom. The third kappa shape index (κ3) is 17.9. The number of hydrogen-bond donors (Lipinski definition) is 0. The standard InChI is InChI=1S/C23H44O/c1-5-7-9-11-13-14-15-17-19-21-23(4)24-22(3)20-18-16-12-10-8-6-2/h22-23H,5-16,18,20-21H2,1-4H3. The van der Waals surface area contributed by atoms with Crippen LogP contribution in [0.15, 0.2) is 0 Å². The number of hydrogen-bond acceptors (Lipinski definition) is 1. The molecule has 0 rings (SSSR count). The molecule has 0 bridgehead atoms. The van der Waals surface area contributed by atoms with Crippen molar-refractivity contribution in [1.82, 2.24) is 0 Å².